The molecule has 0 atom stereocenters. The number of halogens is 1. The van der Waals surface area contributed by atoms with Crippen molar-refractivity contribution >= 4 is 34.2 Å². The van der Waals surface area contributed by atoms with E-state index in [4.69, 9.17) is 16.0 Å². The molecule has 0 bridgehead atoms. The van der Waals surface area contributed by atoms with E-state index in [1.54, 1.807) is 26.1 Å². The van der Waals surface area contributed by atoms with Crippen molar-refractivity contribution in [3.63, 3.8) is 0 Å². The number of hydrogen-bond acceptors (Lipinski definition) is 5. The molecular formula is C13H11ClN4O2. The fraction of sp³-hybridized carbons (Fsp3) is 0.154. The number of aromatic nitrogens is 3. The minimum Gasteiger partial charge on any atom is -0.408 e. The average Bonchev–Trinajstić information content (AvgIpc) is 2.69. The third-order valence-electron chi connectivity index (χ3n) is 2.92. The maximum atomic E-state index is 11.4. The minimum absolute atomic E-state index is 0.395. The van der Waals surface area contributed by atoms with Crippen LogP contribution in [0.3, 0.4) is 0 Å². The molecule has 0 aliphatic rings. The van der Waals surface area contributed by atoms with Crippen LogP contribution in [0.5, 0.6) is 0 Å². The molecule has 0 aliphatic carbocycles. The largest absolute Gasteiger partial charge is 0.419 e. The van der Waals surface area contributed by atoms with Gasteiger partial charge >= 0.3 is 5.76 Å². The van der Waals surface area contributed by atoms with E-state index in [2.05, 4.69) is 15.3 Å². The minimum atomic E-state index is -0.395. The molecule has 3 rings (SSSR count). The van der Waals surface area contributed by atoms with Gasteiger partial charge in [-0.25, -0.2) is 14.8 Å². The number of anilines is 2. The zero-order valence-corrected chi connectivity index (χ0v) is 11.6. The van der Waals surface area contributed by atoms with Crippen molar-refractivity contribution in [2.75, 3.05) is 5.32 Å². The molecule has 0 unspecified atom stereocenters. The van der Waals surface area contributed by atoms with Gasteiger partial charge in [0.1, 0.15) is 10.8 Å². The summed E-state index contributed by atoms with van der Waals surface area (Å²) in [6, 6.07) is 5.35. The van der Waals surface area contributed by atoms with E-state index < -0.39 is 5.76 Å². The predicted octanol–water partition coefficient (Wildman–Crippen LogP) is 2.63. The molecule has 0 saturated heterocycles. The fourth-order valence-electron chi connectivity index (χ4n) is 1.89. The van der Waals surface area contributed by atoms with Crippen molar-refractivity contribution in [1.82, 2.24) is 14.5 Å². The number of hydrogen-bond donors (Lipinski definition) is 1. The molecule has 1 aromatic carbocycles. The lowest BCUT2D eigenvalue weighted by Gasteiger charge is -2.07. The molecule has 20 heavy (non-hydrogen) atoms. The highest BCUT2D eigenvalue weighted by molar-refractivity contribution is 6.32. The molecule has 1 N–H and O–H groups in total. The first kappa shape index (κ1) is 12.7. The molecule has 0 spiro atoms. The average molecular weight is 291 g/mol. The molecule has 0 saturated carbocycles. The highest BCUT2D eigenvalue weighted by atomic mass is 35.5. The third kappa shape index (κ3) is 2.14. The molecule has 0 radical (unpaired) electrons. The van der Waals surface area contributed by atoms with Crippen molar-refractivity contribution in [3.8, 4) is 0 Å². The lowest BCUT2D eigenvalue weighted by molar-refractivity contribution is 0.528. The quantitative estimate of drug-likeness (QED) is 0.785. The summed E-state index contributed by atoms with van der Waals surface area (Å²) in [5.41, 5.74) is 1.96. The zero-order chi connectivity index (χ0) is 14.3. The Labute approximate surface area is 119 Å². The maximum Gasteiger partial charge on any atom is 0.419 e. The van der Waals surface area contributed by atoms with Gasteiger partial charge in [0.15, 0.2) is 11.4 Å². The van der Waals surface area contributed by atoms with Gasteiger partial charge in [-0.05, 0) is 19.1 Å². The summed E-state index contributed by atoms with van der Waals surface area (Å²) in [4.78, 5) is 19.7. The predicted molar refractivity (Wildman–Crippen MR) is 76.5 cm³/mol. The van der Waals surface area contributed by atoms with Crippen molar-refractivity contribution in [1.29, 1.82) is 0 Å². The Hall–Kier alpha value is -2.34. The van der Waals surface area contributed by atoms with Crippen LogP contribution in [0, 0.1) is 6.92 Å². The Morgan fingerprint density at radius 2 is 2.20 bits per heavy atom. The van der Waals surface area contributed by atoms with Crippen LogP contribution in [0.25, 0.3) is 11.1 Å². The van der Waals surface area contributed by atoms with Gasteiger partial charge in [-0.15, -0.1) is 0 Å². The zero-order valence-electron chi connectivity index (χ0n) is 10.8. The first-order valence-electron chi connectivity index (χ1n) is 5.90. The number of nitrogens with zero attached hydrogens (tertiary/aromatic N) is 3. The second-order valence-corrected chi connectivity index (χ2v) is 4.76. The third-order valence-corrected chi connectivity index (χ3v) is 3.20. The number of oxazole rings is 1. The van der Waals surface area contributed by atoms with Crippen molar-refractivity contribution in [2.45, 2.75) is 6.92 Å². The topological polar surface area (TPSA) is 73.0 Å². The summed E-state index contributed by atoms with van der Waals surface area (Å²) in [5.74, 6) is 0.731. The van der Waals surface area contributed by atoms with E-state index in [9.17, 15) is 4.79 Å². The van der Waals surface area contributed by atoms with E-state index >= 15 is 0 Å². The summed E-state index contributed by atoms with van der Waals surface area (Å²) in [5, 5.41) is 3.50. The Balaban J connectivity index is 2.02. The SMILES string of the molecule is Cc1ncc(Cl)c(Nc2ccc3c(c2)oc(=O)n3C)n1. The summed E-state index contributed by atoms with van der Waals surface area (Å²) in [6.07, 6.45) is 1.54. The highest BCUT2D eigenvalue weighted by Gasteiger charge is 2.08. The van der Waals surface area contributed by atoms with E-state index in [0.29, 0.717) is 22.2 Å². The smallest absolute Gasteiger partial charge is 0.408 e. The summed E-state index contributed by atoms with van der Waals surface area (Å²) in [6.45, 7) is 1.78. The number of nitrogens with one attached hydrogen (secondary N) is 1. The Bertz CT molecular complexity index is 853. The van der Waals surface area contributed by atoms with Gasteiger partial charge in [-0.3, -0.25) is 4.57 Å². The fourth-order valence-corrected chi connectivity index (χ4v) is 2.03. The molecule has 102 valence electrons. The second kappa shape index (κ2) is 4.64. The maximum absolute atomic E-state index is 11.4. The van der Waals surface area contributed by atoms with Crippen molar-refractivity contribution < 1.29 is 4.42 Å². The van der Waals surface area contributed by atoms with Crippen LogP contribution in [-0.2, 0) is 7.05 Å². The second-order valence-electron chi connectivity index (χ2n) is 4.35. The van der Waals surface area contributed by atoms with E-state index in [-0.39, 0.29) is 0 Å². The van der Waals surface area contributed by atoms with Crippen LogP contribution in [0.2, 0.25) is 5.02 Å². The van der Waals surface area contributed by atoms with Crippen LogP contribution in [0.4, 0.5) is 11.5 Å². The van der Waals surface area contributed by atoms with Gasteiger partial charge in [0.25, 0.3) is 0 Å². The van der Waals surface area contributed by atoms with Crippen LogP contribution >= 0.6 is 11.6 Å². The lowest BCUT2D eigenvalue weighted by Crippen LogP contribution is -2.08. The Morgan fingerprint density at radius 3 is 3.00 bits per heavy atom. The Kier molecular flexibility index (Phi) is 2.94. The van der Waals surface area contributed by atoms with Gasteiger partial charge in [-0.1, -0.05) is 11.6 Å². The highest BCUT2D eigenvalue weighted by Crippen LogP contribution is 2.24. The molecule has 0 aliphatic heterocycles. The number of rotatable bonds is 2. The van der Waals surface area contributed by atoms with Gasteiger partial charge in [0.05, 0.1) is 11.7 Å². The van der Waals surface area contributed by atoms with Gasteiger partial charge in [0.2, 0.25) is 0 Å². The summed E-state index contributed by atoms with van der Waals surface area (Å²) in [7, 11) is 1.66. The molecule has 3 aromatic rings. The van der Waals surface area contributed by atoms with Crippen LogP contribution in [0.1, 0.15) is 5.82 Å². The molecular weight excluding hydrogens is 280 g/mol. The molecule has 0 amide bonds. The van der Waals surface area contributed by atoms with Crippen LogP contribution < -0.4 is 11.1 Å². The van der Waals surface area contributed by atoms with Gasteiger partial charge in [-0.2, -0.15) is 0 Å². The summed E-state index contributed by atoms with van der Waals surface area (Å²) < 4.78 is 6.58. The lowest BCUT2D eigenvalue weighted by atomic mass is 10.3. The number of fused-ring (bicyclic) bond motifs is 1. The first-order valence-corrected chi connectivity index (χ1v) is 6.28. The number of aryl methyl sites for hydroxylation is 2. The molecule has 6 nitrogen and oxygen atoms in total. The standard InChI is InChI=1S/C13H11ClN4O2/c1-7-15-6-9(14)12(16-7)17-8-3-4-10-11(5-8)20-13(19)18(10)2/h3-6H,1-2H3,(H,15,16,17). The monoisotopic (exact) mass is 290 g/mol. The van der Waals surface area contributed by atoms with E-state index in [0.717, 1.165) is 11.2 Å². The molecule has 2 aromatic heterocycles. The van der Waals surface area contributed by atoms with E-state index in [1.807, 2.05) is 6.07 Å². The van der Waals surface area contributed by atoms with E-state index in [1.165, 1.54) is 10.8 Å². The summed E-state index contributed by atoms with van der Waals surface area (Å²) >= 11 is 6.03. The van der Waals surface area contributed by atoms with Crippen LogP contribution in [0.15, 0.2) is 33.6 Å². The van der Waals surface area contributed by atoms with Gasteiger partial charge < -0.3 is 9.73 Å². The molecule has 0 fully saturated rings. The number of benzene rings is 1. The van der Waals surface area contributed by atoms with Crippen molar-refractivity contribution in [2.24, 2.45) is 7.05 Å². The van der Waals surface area contributed by atoms with Crippen LogP contribution in [-0.4, -0.2) is 14.5 Å². The molecule has 2 heterocycles. The Morgan fingerprint density at radius 1 is 1.40 bits per heavy atom. The normalized spacial score (nSPS) is 10.9. The van der Waals surface area contributed by atoms with Crippen molar-refractivity contribution in [3.05, 3.63) is 45.8 Å². The molecule has 7 heteroatoms. The first-order chi connectivity index (χ1) is 9.54. The van der Waals surface area contributed by atoms with Gasteiger partial charge in [0, 0.05) is 18.8 Å².